The number of nitrogens with zero attached hydrogens (tertiary/aromatic N) is 2. The molecule has 0 aromatic carbocycles. The molecule has 0 spiro atoms. The molecule has 1 aromatic rings. The Morgan fingerprint density at radius 3 is 2.85 bits per heavy atom. The number of halogens is 1. The number of aromatic amines is 1. The van der Waals surface area contributed by atoms with Crippen LogP contribution in [0.1, 0.15) is 24.7 Å². The van der Waals surface area contributed by atoms with Gasteiger partial charge in [0.15, 0.2) is 0 Å². The fourth-order valence-corrected chi connectivity index (χ4v) is 3.41. The zero-order valence-electron chi connectivity index (χ0n) is 11.5. The van der Waals surface area contributed by atoms with Gasteiger partial charge in [0, 0.05) is 37.0 Å². The summed E-state index contributed by atoms with van der Waals surface area (Å²) in [5, 5.41) is 6.95. The molecule has 2 rings (SSSR count). The molecule has 1 amide bonds. The third kappa shape index (κ3) is 3.78. The van der Waals surface area contributed by atoms with E-state index in [-0.39, 0.29) is 24.9 Å². The van der Waals surface area contributed by atoms with E-state index in [0.717, 1.165) is 11.4 Å². The normalized spacial score (nSPS) is 21.4. The van der Waals surface area contributed by atoms with Crippen LogP contribution in [0, 0.1) is 12.8 Å². The number of nitrogens with one attached hydrogen (secondary N) is 1. The summed E-state index contributed by atoms with van der Waals surface area (Å²) in [5.74, 6) is -1.16. The average molecular weight is 303 g/mol. The van der Waals surface area contributed by atoms with E-state index in [1.165, 1.54) is 0 Å². The Kier molecular flexibility index (Phi) is 4.12. The Labute approximate surface area is 117 Å². The number of rotatable bonds is 5. The van der Waals surface area contributed by atoms with Crippen molar-refractivity contribution >= 4 is 16.1 Å². The van der Waals surface area contributed by atoms with Gasteiger partial charge in [0.2, 0.25) is 5.91 Å². The van der Waals surface area contributed by atoms with Crippen LogP contribution in [0.3, 0.4) is 0 Å². The van der Waals surface area contributed by atoms with Crippen molar-refractivity contribution in [3.05, 3.63) is 17.5 Å². The van der Waals surface area contributed by atoms with E-state index >= 15 is 0 Å². The number of carbonyl (C=O) groups excluding carboxylic acids is 1. The highest BCUT2D eigenvalue weighted by Gasteiger charge is 2.35. The van der Waals surface area contributed by atoms with E-state index in [9.17, 15) is 17.1 Å². The summed E-state index contributed by atoms with van der Waals surface area (Å²) in [6, 6.07) is 1.82. The molecular formula is C12H18FN3O3S. The molecule has 8 heteroatoms. The molecule has 0 bridgehead atoms. The number of H-pyrrole nitrogens is 1. The smallest absolute Gasteiger partial charge is 0.302 e. The van der Waals surface area contributed by atoms with Gasteiger partial charge in [-0.05, 0) is 19.9 Å². The monoisotopic (exact) mass is 303 g/mol. The van der Waals surface area contributed by atoms with Gasteiger partial charge in [0.05, 0.1) is 11.4 Å². The second-order valence-corrected chi connectivity index (χ2v) is 6.83. The maximum atomic E-state index is 12.7. The lowest BCUT2D eigenvalue weighted by atomic mass is 10.1. The van der Waals surface area contributed by atoms with Gasteiger partial charge in [0.25, 0.3) is 0 Å². The van der Waals surface area contributed by atoms with Crippen LogP contribution in [0.2, 0.25) is 0 Å². The molecule has 0 saturated carbocycles. The Balaban J connectivity index is 1.97. The summed E-state index contributed by atoms with van der Waals surface area (Å²) in [5.41, 5.74) is 1.80. The second kappa shape index (κ2) is 5.51. The average Bonchev–Trinajstić information content (AvgIpc) is 2.83. The number of hydrogen-bond donors (Lipinski definition) is 1. The first-order chi connectivity index (χ1) is 9.24. The van der Waals surface area contributed by atoms with Crippen LogP contribution >= 0.6 is 0 Å². The van der Waals surface area contributed by atoms with Crippen molar-refractivity contribution in [1.82, 2.24) is 15.1 Å². The van der Waals surface area contributed by atoms with Gasteiger partial charge in [-0.2, -0.15) is 13.5 Å². The standard InChI is InChI=1S/C12H18FN3O3S/c1-8-3-11(15-14-8)4-9(2)16-6-10(5-12(16)17)7-20(13,18)19/h3,9-10H,4-7H2,1-2H3,(H,14,15). The summed E-state index contributed by atoms with van der Waals surface area (Å²) < 4.78 is 34.0. The molecule has 20 heavy (non-hydrogen) atoms. The summed E-state index contributed by atoms with van der Waals surface area (Å²) in [6.45, 7) is 4.06. The number of aromatic nitrogens is 2. The molecule has 1 aromatic heterocycles. The van der Waals surface area contributed by atoms with Crippen molar-refractivity contribution < 1.29 is 17.1 Å². The minimum atomic E-state index is -4.53. The highest BCUT2D eigenvalue weighted by molar-refractivity contribution is 7.86. The van der Waals surface area contributed by atoms with Crippen LogP contribution in [0.25, 0.3) is 0 Å². The molecule has 0 aliphatic carbocycles. The number of amides is 1. The van der Waals surface area contributed by atoms with E-state index in [4.69, 9.17) is 0 Å². The topological polar surface area (TPSA) is 83.1 Å². The molecule has 1 saturated heterocycles. The zero-order valence-corrected chi connectivity index (χ0v) is 12.3. The maximum Gasteiger partial charge on any atom is 0.302 e. The quantitative estimate of drug-likeness (QED) is 0.816. The molecule has 2 heterocycles. The third-order valence-electron chi connectivity index (χ3n) is 3.47. The Hall–Kier alpha value is -1.44. The summed E-state index contributed by atoms with van der Waals surface area (Å²) in [6.07, 6.45) is 0.679. The summed E-state index contributed by atoms with van der Waals surface area (Å²) in [7, 11) is -4.53. The van der Waals surface area contributed by atoms with Gasteiger partial charge in [0.1, 0.15) is 0 Å². The maximum absolute atomic E-state index is 12.7. The number of hydrogen-bond acceptors (Lipinski definition) is 4. The first-order valence-corrected chi connectivity index (χ1v) is 8.02. The fraction of sp³-hybridized carbons (Fsp3) is 0.667. The Bertz CT molecular complexity index is 599. The SMILES string of the molecule is Cc1cc(CC(C)N2CC(CS(=O)(=O)F)CC2=O)n[nH]1. The second-order valence-electron chi connectivity index (χ2n) is 5.42. The first kappa shape index (κ1) is 15.0. The van der Waals surface area contributed by atoms with Crippen LogP contribution in [-0.4, -0.2) is 47.8 Å². The highest BCUT2D eigenvalue weighted by Crippen LogP contribution is 2.23. The fourth-order valence-electron chi connectivity index (χ4n) is 2.62. The van der Waals surface area contributed by atoms with Crippen LogP contribution in [-0.2, 0) is 21.4 Å². The number of likely N-dealkylation sites (tertiary alicyclic amines) is 1. The molecule has 2 unspecified atom stereocenters. The largest absolute Gasteiger partial charge is 0.339 e. The van der Waals surface area contributed by atoms with Gasteiger partial charge in [-0.15, -0.1) is 3.89 Å². The molecule has 6 nitrogen and oxygen atoms in total. The molecule has 1 N–H and O–H groups in total. The van der Waals surface area contributed by atoms with Crippen molar-refractivity contribution in [2.45, 2.75) is 32.7 Å². The van der Waals surface area contributed by atoms with Crippen molar-refractivity contribution in [1.29, 1.82) is 0 Å². The van der Waals surface area contributed by atoms with Gasteiger partial charge < -0.3 is 4.90 Å². The van der Waals surface area contributed by atoms with E-state index in [0.29, 0.717) is 6.42 Å². The number of aryl methyl sites for hydroxylation is 1. The minimum Gasteiger partial charge on any atom is -0.339 e. The van der Waals surface area contributed by atoms with Crippen molar-refractivity contribution in [2.24, 2.45) is 5.92 Å². The molecule has 1 aliphatic rings. The molecule has 2 atom stereocenters. The minimum absolute atomic E-state index is 0.0856. The van der Waals surface area contributed by atoms with E-state index < -0.39 is 21.9 Å². The highest BCUT2D eigenvalue weighted by atomic mass is 32.3. The van der Waals surface area contributed by atoms with Crippen LogP contribution in [0.5, 0.6) is 0 Å². The van der Waals surface area contributed by atoms with Gasteiger partial charge >= 0.3 is 10.2 Å². The van der Waals surface area contributed by atoms with Crippen molar-refractivity contribution in [3.63, 3.8) is 0 Å². The van der Waals surface area contributed by atoms with E-state index in [2.05, 4.69) is 10.2 Å². The molecule has 0 radical (unpaired) electrons. The molecule has 1 fully saturated rings. The molecule has 1 aliphatic heterocycles. The summed E-state index contributed by atoms with van der Waals surface area (Å²) >= 11 is 0. The summed E-state index contributed by atoms with van der Waals surface area (Å²) in [4.78, 5) is 13.5. The van der Waals surface area contributed by atoms with E-state index in [1.807, 2.05) is 19.9 Å². The van der Waals surface area contributed by atoms with Gasteiger partial charge in [-0.3, -0.25) is 9.89 Å². The van der Waals surface area contributed by atoms with Crippen LogP contribution in [0.4, 0.5) is 3.89 Å². The first-order valence-electron chi connectivity index (χ1n) is 6.47. The van der Waals surface area contributed by atoms with Gasteiger partial charge in [-0.1, -0.05) is 0 Å². The van der Waals surface area contributed by atoms with E-state index in [1.54, 1.807) is 4.90 Å². The van der Waals surface area contributed by atoms with Gasteiger partial charge in [-0.25, -0.2) is 0 Å². The Morgan fingerprint density at radius 2 is 2.30 bits per heavy atom. The lowest BCUT2D eigenvalue weighted by Crippen LogP contribution is -2.36. The zero-order chi connectivity index (χ0) is 14.9. The van der Waals surface area contributed by atoms with Crippen LogP contribution in [0.15, 0.2) is 6.07 Å². The van der Waals surface area contributed by atoms with Crippen molar-refractivity contribution in [3.8, 4) is 0 Å². The molecule has 112 valence electrons. The van der Waals surface area contributed by atoms with Crippen LogP contribution < -0.4 is 0 Å². The molecular weight excluding hydrogens is 285 g/mol. The predicted molar refractivity (Wildman–Crippen MR) is 71.2 cm³/mol. The lowest BCUT2D eigenvalue weighted by molar-refractivity contribution is -0.129. The van der Waals surface area contributed by atoms with Crippen molar-refractivity contribution in [2.75, 3.05) is 12.3 Å². The predicted octanol–water partition coefficient (Wildman–Crippen LogP) is 0.797. The third-order valence-corrected chi connectivity index (χ3v) is 4.34. The lowest BCUT2D eigenvalue weighted by Gasteiger charge is -2.24. The number of carbonyl (C=O) groups is 1. The Morgan fingerprint density at radius 1 is 1.60 bits per heavy atom.